The van der Waals surface area contributed by atoms with Gasteiger partial charge in [-0.05, 0) is 12.5 Å². The van der Waals surface area contributed by atoms with E-state index in [0.717, 1.165) is 24.2 Å². The number of carbonyl (C=O) groups is 1. The second-order valence-corrected chi connectivity index (χ2v) is 5.70. The van der Waals surface area contributed by atoms with E-state index in [1.165, 1.54) is 0 Å². The van der Waals surface area contributed by atoms with Crippen molar-refractivity contribution in [2.45, 2.75) is 32.2 Å². The highest BCUT2D eigenvalue weighted by atomic mass is 35.5. The van der Waals surface area contributed by atoms with Crippen molar-refractivity contribution < 1.29 is 9.90 Å². The molecule has 0 saturated heterocycles. The van der Waals surface area contributed by atoms with Crippen molar-refractivity contribution in [2.24, 2.45) is 8.73 Å². The van der Waals surface area contributed by atoms with Gasteiger partial charge in [-0.3, -0.25) is 0 Å². The minimum Gasteiger partial charge on any atom is -0.480 e. The van der Waals surface area contributed by atoms with Crippen LogP contribution in [0.4, 0.5) is 17.1 Å². The summed E-state index contributed by atoms with van der Waals surface area (Å²) in [5.74, 6) is -0.916. The van der Waals surface area contributed by atoms with Crippen molar-refractivity contribution in [3.05, 3.63) is 16.1 Å². The van der Waals surface area contributed by atoms with Crippen molar-refractivity contribution in [3.8, 4) is 0 Å². The van der Waals surface area contributed by atoms with Crippen LogP contribution in [0.15, 0.2) is 14.8 Å². The van der Waals surface area contributed by atoms with Gasteiger partial charge in [-0.15, -0.1) is 0 Å². The fourth-order valence-electron chi connectivity index (χ4n) is 1.85. The van der Waals surface area contributed by atoms with E-state index in [1.807, 2.05) is 6.92 Å². The molecule has 0 radical (unpaired) electrons. The van der Waals surface area contributed by atoms with E-state index in [-0.39, 0.29) is 0 Å². The van der Waals surface area contributed by atoms with Crippen LogP contribution in [0.5, 0.6) is 0 Å². The van der Waals surface area contributed by atoms with E-state index < -0.39 is 12.0 Å². The quantitative estimate of drug-likeness (QED) is 0.799. The number of fused-ring (bicyclic) bond motifs is 1. The molecule has 2 N–H and O–H groups in total. The van der Waals surface area contributed by atoms with Gasteiger partial charge in [0.2, 0.25) is 0 Å². The predicted molar refractivity (Wildman–Crippen MR) is 82.6 cm³/mol. The molecule has 1 unspecified atom stereocenters. The van der Waals surface area contributed by atoms with E-state index >= 15 is 0 Å². The molecule has 20 heavy (non-hydrogen) atoms. The fourth-order valence-corrected chi connectivity index (χ4v) is 3.02. The van der Waals surface area contributed by atoms with Gasteiger partial charge in [0.05, 0.1) is 27.1 Å². The lowest BCUT2D eigenvalue weighted by Gasteiger charge is -2.18. The van der Waals surface area contributed by atoms with Crippen molar-refractivity contribution in [3.63, 3.8) is 0 Å². The third-order valence-corrected chi connectivity index (χ3v) is 4.02. The number of unbranched alkanes of at least 4 members (excludes halogenated alkanes) is 1. The number of hydrogen-bond acceptors (Lipinski definition) is 4. The Morgan fingerprint density at radius 2 is 2.10 bits per heavy atom. The van der Waals surface area contributed by atoms with E-state index in [4.69, 9.17) is 23.2 Å². The molecule has 8 heteroatoms. The van der Waals surface area contributed by atoms with E-state index in [1.54, 1.807) is 6.07 Å². The van der Waals surface area contributed by atoms with Gasteiger partial charge in [0.1, 0.15) is 17.4 Å². The standard InChI is InChI=1S/C12H13Cl2N3O2S/c1-2-3-4-8(12(18)19)15-9-6(13)5-7(14)10-11(9)17-20-16-10/h5,8,15H,2-4H2,1H3,(H,18,19). The molecule has 0 amide bonds. The third kappa shape index (κ3) is 3.13. The van der Waals surface area contributed by atoms with Crippen molar-refractivity contribution >= 4 is 57.6 Å². The Kier molecular flexibility index (Phi) is 5.01. The minimum atomic E-state index is -0.916. The first-order chi connectivity index (χ1) is 9.54. The molecular weight excluding hydrogens is 321 g/mol. The van der Waals surface area contributed by atoms with Gasteiger partial charge in [0, 0.05) is 0 Å². The van der Waals surface area contributed by atoms with Gasteiger partial charge < -0.3 is 10.4 Å². The highest BCUT2D eigenvalue weighted by molar-refractivity contribution is 7.58. The summed E-state index contributed by atoms with van der Waals surface area (Å²) in [6, 6.07) is 0.840. The number of aliphatic carboxylic acids is 1. The summed E-state index contributed by atoms with van der Waals surface area (Å²) in [4.78, 5) is 11.3. The summed E-state index contributed by atoms with van der Waals surface area (Å²) in [7, 11) is 0. The van der Waals surface area contributed by atoms with Gasteiger partial charge in [0.25, 0.3) is 0 Å². The summed E-state index contributed by atoms with van der Waals surface area (Å²) in [5, 5.41) is 13.0. The monoisotopic (exact) mass is 333 g/mol. The van der Waals surface area contributed by atoms with Crippen LogP contribution in [0.2, 0.25) is 10.0 Å². The molecule has 0 aromatic heterocycles. The fraction of sp³-hybridized carbons (Fsp3) is 0.417. The summed E-state index contributed by atoms with van der Waals surface area (Å²) in [5.41, 5.74) is 1.52. The van der Waals surface area contributed by atoms with Crippen molar-refractivity contribution in [1.29, 1.82) is 0 Å². The Labute approximate surface area is 130 Å². The van der Waals surface area contributed by atoms with Gasteiger partial charge in [-0.2, -0.15) is 8.73 Å². The molecule has 0 saturated carbocycles. The number of anilines is 1. The Balaban J connectivity index is 2.31. The second-order valence-electron chi connectivity index (χ2n) is 4.35. The number of benzene rings is 1. The lowest BCUT2D eigenvalue weighted by molar-refractivity contribution is -0.138. The van der Waals surface area contributed by atoms with Crippen LogP contribution in [0.1, 0.15) is 26.2 Å². The number of carboxylic acid groups (broad SMARTS) is 1. The highest BCUT2D eigenvalue weighted by Gasteiger charge is 2.23. The molecule has 1 atom stereocenters. The topological polar surface area (TPSA) is 74.0 Å². The molecule has 0 aliphatic carbocycles. The highest BCUT2D eigenvalue weighted by Crippen LogP contribution is 2.47. The van der Waals surface area contributed by atoms with Crippen LogP contribution in [0.3, 0.4) is 0 Å². The summed E-state index contributed by atoms with van der Waals surface area (Å²) in [6.45, 7) is 2.01. The average Bonchev–Trinajstić information content (AvgIpc) is 2.87. The number of hydrogen-bond donors (Lipinski definition) is 2. The van der Waals surface area contributed by atoms with E-state index in [2.05, 4.69) is 14.0 Å². The Bertz CT molecular complexity index is 615. The van der Waals surface area contributed by atoms with E-state index in [9.17, 15) is 9.90 Å². The summed E-state index contributed by atoms with van der Waals surface area (Å²) in [6.07, 6.45) is 2.25. The molecule has 0 spiro atoms. The Morgan fingerprint density at radius 1 is 1.40 bits per heavy atom. The maximum Gasteiger partial charge on any atom is 0.326 e. The average molecular weight is 334 g/mol. The lowest BCUT2D eigenvalue weighted by atomic mass is 10.1. The van der Waals surface area contributed by atoms with Gasteiger partial charge in [-0.1, -0.05) is 43.0 Å². The predicted octanol–water partition coefficient (Wildman–Crippen LogP) is 4.78. The molecule has 1 aliphatic rings. The number of carboxylic acids is 1. The number of nitrogens with zero attached hydrogens (tertiary/aromatic N) is 2. The normalized spacial score (nSPS) is 13.8. The number of halogens is 2. The number of nitrogens with one attached hydrogen (secondary N) is 1. The molecule has 1 aliphatic heterocycles. The first-order valence-corrected chi connectivity index (χ1v) is 7.62. The Morgan fingerprint density at radius 3 is 2.75 bits per heavy atom. The van der Waals surface area contributed by atoms with Crippen LogP contribution < -0.4 is 5.32 Å². The van der Waals surface area contributed by atoms with Gasteiger partial charge in [-0.25, -0.2) is 4.79 Å². The van der Waals surface area contributed by atoms with Crippen LogP contribution in [-0.4, -0.2) is 17.1 Å². The molecule has 2 rings (SSSR count). The Hall–Kier alpha value is -1.11. The number of rotatable bonds is 6. The van der Waals surface area contributed by atoms with Crippen molar-refractivity contribution in [2.75, 3.05) is 5.32 Å². The zero-order chi connectivity index (χ0) is 14.7. The molecule has 1 heterocycles. The molecule has 108 valence electrons. The van der Waals surface area contributed by atoms with Gasteiger partial charge >= 0.3 is 5.97 Å². The zero-order valence-electron chi connectivity index (χ0n) is 10.7. The minimum absolute atomic E-state index is 0.345. The van der Waals surface area contributed by atoms with Crippen LogP contribution in [0.25, 0.3) is 0 Å². The first-order valence-electron chi connectivity index (χ1n) is 6.14. The molecule has 1 aromatic carbocycles. The maximum atomic E-state index is 11.3. The summed E-state index contributed by atoms with van der Waals surface area (Å²) < 4.78 is 8.23. The molecule has 0 fully saturated rings. The smallest absolute Gasteiger partial charge is 0.326 e. The summed E-state index contributed by atoms with van der Waals surface area (Å²) >= 11 is 13.2. The van der Waals surface area contributed by atoms with Crippen LogP contribution in [0, 0.1) is 0 Å². The second kappa shape index (κ2) is 6.56. The van der Waals surface area contributed by atoms with Gasteiger partial charge in [0.15, 0.2) is 0 Å². The molecular formula is C12H13Cl2N3O2S. The molecule has 1 aromatic rings. The zero-order valence-corrected chi connectivity index (χ0v) is 13.0. The largest absolute Gasteiger partial charge is 0.480 e. The molecule has 5 nitrogen and oxygen atoms in total. The van der Waals surface area contributed by atoms with Crippen LogP contribution >= 0.6 is 23.2 Å². The maximum absolute atomic E-state index is 11.3. The molecule has 0 bridgehead atoms. The SMILES string of the molecule is CCCCC(Nc1c(Cl)cc(Cl)c2c1N=S=N2)C(=O)O. The van der Waals surface area contributed by atoms with E-state index in [0.29, 0.717) is 33.5 Å². The first kappa shape index (κ1) is 15.3. The van der Waals surface area contributed by atoms with Crippen molar-refractivity contribution in [1.82, 2.24) is 0 Å². The lowest BCUT2D eigenvalue weighted by Crippen LogP contribution is -2.29. The van der Waals surface area contributed by atoms with Crippen LogP contribution in [-0.2, 0) is 16.1 Å². The third-order valence-electron chi connectivity index (χ3n) is 2.91.